The summed E-state index contributed by atoms with van der Waals surface area (Å²) in [5, 5.41) is 14.1. The van der Waals surface area contributed by atoms with Gasteiger partial charge in [0.1, 0.15) is 17.0 Å². The first kappa shape index (κ1) is 21.4. The molecule has 0 aliphatic carbocycles. The molecule has 0 unspecified atom stereocenters. The van der Waals surface area contributed by atoms with Gasteiger partial charge in [-0.3, -0.25) is 4.79 Å². The van der Waals surface area contributed by atoms with Gasteiger partial charge in [0.25, 0.3) is 0 Å². The number of para-hydroxylation sites is 1. The fourth-order valence-corrected chi connectivity index (χ4v) is 5.98. The molecule has 0 saturated carbocycles. The molecule has 0 amide bonds. The van der Waals surface area contributed by atoms with Gasteiger partial charge < -0.3 is 9.84 Å². The average Bonchev–Trinajstić information content (AvgIpc) is 3.10. The molecule has 2 aromatic carbocycles. The van der Waals surface area contributed by atoms with Crippen molar-refractivity contribution in [2.24, 2.45) is 11.4 Å². The minimum Gasteiger partial charge on any atom is -0.493 e. The Balaban J connectivity index is 1.84. The van der Waals surface area contributed by atoms with Gasteiger partial charge in [0, 0.05) is 24.1 Å². The Bertz CT molecular complexity index is 1240. The van der Waals surface area contributed by atoms with Crippen LogP contribution in [0.5, 0.6) is 17.4 Å². The first-order chi connectivity index (χ1) is 14.9. The maximum atomic E-state index is 13.3. The highest BCUT2D eigenvalue weighted by atomic mass is 35.5. The van der Waals surface area contributed by atoms with Crippen LogP contribution in [0.15, 0.2) is 53.0 Å². The third kappa shape index (κ3) is 4.45. The second kappa shape index (κ2) is 8.72. The molecular weight excluding hydrogens is 438 g/mol. The van der Waals surface area contributed by atoms with Gasteiger partial charge in [-0.1, -0.05) is 36.2 Å². The standard InChI is InChI=1S/C22H22ClN3O4S/c1-26-22(28)17(14-24-26)21(27)16-10-11-18(30-15-8-4-2-5-9-15)20(19(16)23)25-31(29)12-6-3-7-13-31/h2,4-5,8-11,14,28H,3,6-7,12-13H2,1H3. The highest BCUT2D eigenvalue weighted by molar-refractivity contribution is 7.93. The van der Waals surface area contributed by atoms with E-state index in [1.54, 1.807) is 18.2 Å². The molecule has 1 saturated heterocycles. The number of aromatic hydroxyl groups is 1. The number of aromatic nitrogens is 2. The molecule has 1 N–H and O–H groups in total. The highest BCUT2D eigenvalue weighted by Crippen LogP contribution is 2.42. The first-order valence-corrected chi connectivity index (χ1v) is 12.1. The normalized spacial score (nSPS) is 15.4. The summed E-state index contributed by atoms with van der Waals surface area (Å²) in [6.07, 6.45) is 3.96. The lowest BCUT2D eigenvalue weighted by Gasteiger charge is -2.18. The van der Waals surface area contributed by atoms with Gasteiger partial charge in [0.2, 0.25) is 11.7 Å². The van der Waals surface area contributed by atoms with Gasteiger partial charge in [-0.05, 0) is 37.1 Å². The van der Waals surface area contributed by atoms with Crippen LogP contribution >= 0.6 is 11.6 Å². The van der Waals surface area contributed by atoms with Crippen molar-refractivity contribution in [3.63, 3.8) is 0 Å². The van der Waals surface area contributed by atoms with E-state index in [4.69, 9.17) is 16.3 Å². The van der Waals surface area contributed by atoms with Crippen LogP contribution in [0.3, 0.4) is 0 Å². The molecule has 0 bridgehead atoms. The Labute approximate surface area is 185 Å². The number of carbonyl (C=O) groups is 1. The summed E-state index contributed by atoms with van der Waals surface area (Å²) in [5.41, 5.74) is 0.337. The summed E-state index contributed by atoms with van der Waals surface area (Å²) < 4.78 is 25.0. The molecule has 1 aliphatic rings. The molecule has 2 heterocycles. The molecule has 3 aromatic rings. The first-order valence-electron chi connectivity index (χ1n) is 9.91. The van der Waals surface area contributed by atoms with E-state index in [1.165, 1.54) is 24.0 Å². The molecule has 31 heavy (non-hydrogen) atoms. The number of hydrogen-bond donors (Lipinski definition) is 1. The highest BCUT2D eigenvalue weighted by Gasteiger charge is 2.25. The Morgan fingerprint density at radius 1 is 1.13 bits per heavy atom. The summed E-state index contributed by atoms with van der Waals surface area (Å²) in [6, 6.07) is 12.2. The summed E-state index contributed by atoms with van der Waals surface area (Å²) in [5.74, 6) is 1.08. The molecule has 0 spiro atoms. The molecular formula is C22H22ClN3O4S. The molecule has 9 heteroatoms. The van der Waals surface area contributed by atoms with Crippen LogP contribution in [-0.4, -0.2) is 36.4 Å². The smallest absolute Gasteiger partial charge is 0.220 e. The number of ketones is 1. The van der Waals surface area contributed by atoms with E-state index in [1.807, 2.05) is 18.2 Å². The number of rotatable bonds is 5. The Kier molecular flexibility index (Phi) is 6.02. The second-order valence-corrected chi connectivity index (χ2v) is 10.3. The van der Waals surface area contributed by atoms with E-state index in [0.717, 1.165) is 19.3 Å². The molecule has 1 aliphatic heterocycles. The molecule has 4 rings (SSSR count). The monoisotopic (exact) mass is 459 g/mol. The summed E-state index contributed by atoms with van der Waals surface area (Å²) >= 11 is 6.64. The van der Waals surface area contributed by atoms with Gasteiger partial charge in [-0.2, -0.15) is 9.46 Å². The second-order valence-electron chi connectivity index (χ2n) is 7.36. The molecule has 7 nitrogen and oxygen atoms in total. The third-order valence-electron chi connectivity index (χ3n) is 5.13. The van der Waals surface area contributed by atoms with Crippen LogP contribution in [0.1, 0.15) is 35.2 Å². The number of carbonyl (C=O) groups excluding carboxylic acids is 1. The number of aryl methyl sites for hydroxylation is 1. The van der Waals surface area contributed by atoms with Crippen LogP contribution in [0.2, 0.25) is 5.02 Å². The van der Waals surface area contributed by atoms with E-state index in [2.05, 4.69) is 9.46 Å². The minimum absolute atomic E-state index is 0.0222. The van der Waals surface area contributed by atoms with Crippen molar-refractivity contribution in [3.05, 3.63) is 64.8 Å². The Morgan fingerprint density at radius 3 is 2.48 bits per heavy atom. The maximum Gasteiger partial charge on any atom is 0.220 e. The fourth-order valence-electron chi connectivity index (χ4n) is 3.43. The van der Waals surface area contributed by atoms with E-state index in [-0.39, 0.29) is 27.7 Å². The predicted molar refractivity (Wildman–Crippen MR) is 120 cm³/mol. The van der Waals surface area contributed by atoms with Crippen LogP contribution in [0.4, 0.5) is 5.69 Å². The number of benzene rings is 2. The Morgan fingerprint density at radius 2 is 1.84 bits per heavy atom. The topological polar surface area (TPSA) is 93.8 Å². The van der Waals surface area contributed by atoms with Gasteiger partial charge in [-0.15, -0.1) is 0 Å². The van der Waals surface area contributed by atoms with Crippen molar-refractivity contribution < 1.29 is 18.8 Å². The molecule has 0 radical (unpaired) electrons. The number of halogens is 1. The van der Waals surface area contributed by atoms with Crippen LogP contribution in [0.25, 0.3) is 0 Å². The molecule has 162 valence electrons. The molecule has 1 fully saturated rings. The summed E-state index contributed by atoms with van der Waals surface area (Å²) in [4.78, 5) is 13.0. The lowest BCUT2D eigenvalue weighted by atomic mass is 10.0. The van der Waals surface area contributed by atoms with E-state index < -0.39 is 15.5 Å². The lowest BCUT2D eigenvalue weighted by Crippen LogP contribution is -2.16. The summed E-state index contributed by atoms with van der Waals surface area (Å²) in [7, 11) is -0.982. The van der Waals surface area contributed by atoms with Crippen LogP contribution in [-0.2, 0) is 16.8 Å². The van der Waals surface area contributed by atoms with Gasteiger partial charge in [0.15, 0.2) is 5.75 Å². The zero-order valence-corrected chi connectivity index (χ0v) is 18.5. The largest absolute Gasteiger partial charge is 0.493 e. The van der Waals surface area contributed by atoms with Gasteiger partial charge in [-0.25, -0.2) is 8.89 Å². The zero-order valence-electron chi connectivity index (χ0n) is 17.0. The van der Waals surface area contributed by atoms with Crippen molar-refractivity contribution in [2.45, 2.75) is 19.3 Å². The predicted octanol–water partition coefficient (Wildman–Crippen LogP) is 5.09. The fraction of sp³-hybridized carbons (Fsp3) is 0.273. The van der Waals surface area contributed by atoms with Crippen LogP contribution < -0.4 is 4.74 Å². The van der Waals surface area contributed by atoms with Crippen molar-refractivity contribution in [3.8, 4) is 17.4 Å². The van der Waals surface area contributed by atoms with Crippen molar-refractivity contribution >= 4 is 32.8 Å². The average molecular weight is 460 g/mol. The van der Waals surface area contributed by atoms with Gasteiger partial charge >= 0.3 is 0 Å². The Hall–Kier alpha value is -2.84. The quantitative estimate of drug-likeness (QED) is 0.536. The maximum absolute atomic E-state index is 13.3. The van der Waals surface area contributed by atoms with Crippen molar-refractivity contribution in [2.75, 3.05) is 11.5 Å². The minimum atomic E-state index is -2.51. The zero-order chi connectivity index (χ0) is 22.0. The van der Waals surface area contributed by atoms with E-state index in [9.17, 15) is 14.1 Å². The third-order valence-corrected chi connectivity index (χ3v) is 7.88. The van der Waals surface area contributed by atoms with Crippen molar-refractivity contribution in [1.29, 1.82) is 0 Å². The van der Waals surface area contributed by atoms with E-state index >= 15 is 0 Å². The SMILES string of the molecule is Cn1ncc(C(=O)c2ccc(Oc3ccccc3)c(N=S3(=O)CCCCC3)c2Cl)c1O. The lowest BCUT2D eigenvalue weighted by molar-refractivity contribution is 0.103. The van der Waals surface area contributed by atoms with Crippen LogP contribution in [0, 0.1) is 0 Å². The molecule has 1 aromatic heterocycles. The van der Waals surface area contributed by atoms with Gasteiger partial charge in [0.05, 0.1) is 20.9 Å². The van der Waals surface area contributed by atoms with E-state index in [0.29, 0.717) is 23.0 Å². The number of ether oxygens (including phenoxy) is 1. The number of nitrogens with zero attached hydrogens (tertiary/aromatic N) is 3. The summed E-state index contributed by atoms with van der Waals surface area (Å²) in [6.45, 7) is 0. The number of hydrogen-bond acceptors (Lipinski definition) is 6. The van der Waals surface area contributed by atoms with Crippen molar-refractivity contribution in [1.82, 2.24) is 9.78 Å². The molecule has 0 atom stereocenters.